The number of nitrogens with one attached hydrogen (secondary N) is 1. The van der Waals surface area contributed by atoms with Gasteiger partial charge in [0.1, 0.15) is 5.69 Å². The molecule has 1 amide bonds. The number of rotatable bonds is 9. The Morgan fingerprint density at radius 2 is 1.86 bits per heavy atom. The van der Waals surface area contributed by atoms with Crippen molar-refractivity contribution >= 4 is 17.6 Å². The SMILES string of the molecule is COc1ccc(NC(=O)CCCCCC(=O)O)c(OC)n1. The minimum atomic E-state index is -0.812. The molecule has 0 aliphatic carbocycles. The van der Waals surface area contributed by atoms with E-state index in [9.17, 15) is 9.59 Å². The number of unbranched alkanes of at least 4 members (excludes halogenated alkanes) is 2. The van der Waals surface area contributed by atoms with E-state index < -0.39 is 5.97 Å². The quantitative estimate of drug-likeness (QED) is 0.677. The van der Waals surface area contributed by atoms with Crippen molar-refractivity contribution in [2.75, 3.05) is 19.5 Å². The highest BCUT2D eigenvalue weighted by Gasteiger charge is 2.10. The lowest BCUT2D eigenvalue weighted by atomic mass is 10.1. The summed E-state index contributed by atoms with van der Waals surface area (Å²) in [4.78, 5) is 26.2. The van der Waals surface area contributed by atoms with Crippen molar-refractivity contribution in [1.29, 1.82) is 0 Å². The van der Waals surface area contributed by atoms with Gasteiger partial charge in [0.2, 0.25) is 17.7 Å². The van der Waals surface area contributed by atoms with Crippen LogP contribution in [0.15, 0.2) is 12.1 Å². The molecule has 0 unspecified atom stereocenters. The van der Waals surface area contributed by atoms with Crippen LogP contribution < -0.4 is 14.8 Å². The fraction of sp³-hybridized carbons (Fsp3) is 0.500. The number of pyridine rings is 1. The lowest BCUT2D eigenvalue weighted by Gasteiger charge is -2.10. The van der Waals surface area contributed by atoms with E-state index in [0.29, 0.717) is 37.3 Å². The van der Waals surface area contributed by atoms with Crippen LogP contribution >= 0.6 is 0 Å². The summed E-state index contributed by atoms with van der Waals surface area (Å²) in [5, 5.41) is 11.2. The van der Waals surface area contributed by atoms with Gasteiger partial charge in [0, 0.05) is 18.9 Å². The number of aromatic nitrogens is 1. The Bertz CT molecular complexity index is 490. The Morgan fingerprint density at radius 1 is 1.14 bits per heavy atom. The van der Waals surface area contributed by atoms with Gasteiger partial charge < -0.3 is 19.9 Å². The molecule has 0 radical (unpaired) electrons. The predicted molar refractivity (Wildman–Crippen MR) is 76.7 cm³/mol. The van der Waals surface area contributed by atoms with E-state index in [1.165, 1.54) is 14.2 Å². The number of methoxy groups -OCH3 is 2. The highest BCUT2D eigenvalue weighted by molar-refractivity contribution is 5.91. The smallest absolute Gasteiger partial charge is 0.303 e. The van der Waals surface area contributed by atoms with Crippen molar-refractivity contribution in [3.05, 3.63) is 12.1 Å². The Hall–Kier alpha value is -2.31. The number of nitrogens with zero attached hydrogens (tertiary/aromatic N) is 1. The highest BCUT2D eigenvalue weighted by Crippen LogP contribution is 2.24. The lowest BCUT2D eigenvalue weighted by Crippen LogP contribution is -2.12. The van der Waals surface area contributed by atoms with Crippen LogP contribution in [0.4, 0.5) is 5.69 Å². The molecule has 0 aromatic carbocycles. The third-order valence-corrected chi connectivity index (χ3v) is 2.81. The van der Waals surface area contributed by atoms with Crippen LogP contribution in [0, 0.1) is 0 Å². The minimum Gasteiger partial charge on any atom is -0.481 e. The van der Waals surface area contributed by atoms with Crippen LogP contribution in [0.25, 0.3) is 0 Å². The minimum absolute atomic E-state index is 0.137. The number of anilines is 1. The van der Waals surface area contributed by atoms with Crippen molar-refractivity contribution in [2.24, 2.45) is 0 Å². The van der Waals surface area contributed by atoms with Crippen molar-refractivity contribution in [3.8, 4) is 11.8 Å². The van der Waals surface area contributed by atoms with Crippen molar-refractivity contribution in [3.63, 3.8) is 0 Å². The molecule has 7 heteroatoms. The summed E-state index contributed by atoms with van der Waals surface area (Å²) in [5.41, 5.74) is 0.480. The first-order valence-corrected chi connectivity index (χ1v) is 6.67. The molecule has 0 bridgehead atoms. The van der Waals surface area contributed by atoms with E-state index in [-0.39, 0.29) is 18.2 Å². The zero-order valence-electron chi connectivity index (χ0n) is 12.2. The van der Waals surface area contributed by atoms with Crippen LogP contribution in [-0.2, 0) is 9.59 Å². The summed E-state index contributed by atoms with van der Waals surface area (Å²) in [6.45, 7) is 0. The topological polar surface area (TPSA) is 97.8 Å². The Kier molecular flexibility index (Phi) is 7.00. The van der Waals surface area contributed by atoms with E-state index >= 15 is 0 Å². The van der Waals surface area contributed by atoms with E-state index in [0.717, 1.165) is 0 Å². The highest BCUT2D eigenvalue weighted by atomic mass is 16.5. The van der Waals surface area contributed by atoms with Gasteiger partial charge >= 0.3 is 5.97 Å². The van der Waals surface area contributed by atoms with Gasteiger partial charge in [-0.25, -0.2) is 0 Å². The molecule has 0 aliphatic rings. The molecule has 116 valence electrons. The van der Waals surface area contributed by atoms with E-state index in [1.54, 1.807) is 12.1 Å². The number of hydrogen-bond donors (Lipinski definition) is 2. The average Bonchev–Trinajstić information content (AvgIpc) is 2.47. The van der Waals surface area contributed by atoms with Crippen LogP contribution in [0.2, 0.25) is 0 Å². The first-order valence-electron chi connectivity index (χ1n) is 6.67. The standard InChI is InChI=1S/C14H20N2O5/c1-20-12-9-8-10(14(16-12)21-2)15-11(17)6-4-3-5-7-13(18)19/h8-9H,3-7H2,1-2H3,(H,15,17)(H,18,19). The summed E-state index contributed by atoms with van der Waals surface area (Å²) in [7, 11) is 2.96. The van der Waals surface area contributed by atoms with Crippen molar-refractivity contribution in [2.45, 2.75) is 32.1 Å². The van der Waals surface area contributed by atoms with Gasteiger partial charge in [-0.2, -0.15) is 4.98 Å². The molecule has 0 saturated heterocycles. The average molecular weight is 296 g/mol. The molecule has 0 fully saturated rings. The molecule has 1 aromatic rings. The molecular formula is C14H20N2O5. The summed E-state index contributed by atoms with van der Waals surface area (Å²) in [5.74, 6) is -0.281. The fourth-order valence-corrected chi connectivity index (χ4v) is 1.74. The molecule has 0 spiro atoms. The van der Waals surface area contributed by atoms with Gasteiger partial charge in [-0.3, -0.25) is 9.59 Å². The lowest BCUT2D eigenvalue weighted by molar-refractivity contribution is -0.137. The second-order valence-corrected chi connectivity index (χ2v) is 4.41. The monoisotopic (exact) mass is 296 g/mol. The second-order valence-electron chi connectivity index (χ2n) is 4.41. The maximum absolute atomic E-state index is 11.8. The molecule has 1 heterocycles. The van der Waals surface area contributed by atoms with Gasteiger partial charge in [0.05, 0.1) is 14.2 Å². The molecule has 21 heavy (non-hydrogen) atoms. The number of aliphatic carboxylic acids is 1. The summed E-state index contributed by atoms with van der Waals surface area (Å²) in [6, 6.07) is 3.29. The number of carboxylic acid groups (broad SMARTS) is 1. The Labute approximate surface area is 123 Å². The number of hydrogen-bond acceptors (Lipinski definition) is 5. The molecule has 0 aliphatic heterocycles. The van der Waals surface area contributed by atoms with Gasteiger partial charge in [-0.15, -0.1) is 0 Å². The fourth-order valence-electron chi connectivity index (χ4n) is 1.74. The summed E-state index contributed by atoms with van der Waals surface area (Å²) < 4.78 is 10.1. The summed E-state index contributed by atoms with van der Waals surface area (Å²) >= 11 is 0. The molecule has 7 nitrogen and oxygen atoms in total. The van der Waals surface area contributed by atoms with Gasteiger partial charge in [-0.1, -0.05) is 6.42 Å². The van der Waals surface area contributed by atoms with Gasteiger partial charge in [-0.05, 0) is 18.9 Å². The number of amides is 1. The second kappa shape index (κ2) is 8.78. The first kappa shape index (κ1) is 16.7. The predicted octanol–water partition coefficient (Wildman–Crippen LogP) is 2.07. The molecule has 0 saturated carbocycles. The molecule has 1 aromatic heterocycles. The van der Waals surface area contributed by atoms with E-state index in [1.807, 2.05) is 0 Å². The third kappa shape index (κ3) is 6.11. The number of carboxylic acids is 1. The number of carbonyl (C=O) groups is 2. The molecule has 1 rings (SSSR count). The Morgan fingerprint density at radius 3 is 2.48 bits per heavy atom. The van der Waals surface area contributed by atoms with Gasteiger partial charge in [0.15, 0.2) is 0 Å². The number of carbonyl (C=O) groups excluding carboxylic acids is 1. The van der Waals surface area contributed by atoms with Crippen LogP contribution in [0.1, 0.15) is 32.1 Å². The van der Waals surface area contributed by atoms with Gasteiger partial charge in [0.25, 0.3) is 0 Å². The molecule has 0 atom stereocenters. The van der Waals surface area contributed by atoms with Crippen LogP contribution in [-0.4, -0.2) is 36.2 Å². The normalized spacial score (nSPS) is 10.0. The van der Waals surface area contributed by atoms with Crippen molar-refractivity contribution < 1.29 is 24.2 Å². The van der Waals surface area contributed by atoms with Crippen LogP contribution in [0.5, 0.6) is 11.8 Å². The first-order chi connectivity index (χ1) is 10.1. The zero-order chi connectivity index (χ0) is 15.7. The van der Waals surface area contributed by atoms with E-state index in [2.05, 4.69) is 10.3 Å². The maximum Gasteiger partial charge on any atom is 0.303 e. The molecule has 2 N–H and O–H groups in total. The van der Waals surface area contributed by atoms with Crippen molar-refractivity contribution in [1.82, 2.24) is 4.98 Å². The molecular weight excluding hydrogens is 276 g/mol. The zero-order valence-corrected chi connectivity index (χ0v) is 12.2. The Balaban J connectivity index is 2.42. The van der Waals surface area contributed by atoms with E-state index in [4.69, 9.17) is 14.6 Å². The number of ether oxygens (including phenoxy) is 2. The largest absolute Gasteiger partial charge is 0.481 e. The van der Waals surface area contributed by atoms with Crippen LogP contribution in [0.3, 0.4) is 0 Å². The summed E-state index contributed by atoms with van der Waals surface area (Å²) in [6.07, 6.45) is 2.39. The third-order valence-electron chi connectivity index (χ3n) is 2.81. The maximum atomic E-state index is 11.8.